The highest BCUT2D eigenvalue weighted by Gasteiger charge is 2.09. The van der Waals surface area contributed by atoms with E-state index in [0.717, 1.165) is 0 Å². The first-order chi connectivity index (χ1) is 7.13. The molecule has 16 heavy (non-hydrogen) atoms. The number of ether oxygens (including phenoxy) is 1. The number of rotatable bonds is 4. The van der Waals surface area contributed by atoms with E-state index in [-0.39, 0.29) is 30.5 Å². The number of carbonyl (C=O) groups is 1. The molecule has 0 aliphatic heterocycles. The van der Waals surface area contributed by atoms with Crippen LogP contribution in [0.1, 0.15) is 23.7 Å². The number of benzene rings is 1. The van der Waals surface area contributed by atoms with Gasteiger partial charge in [0.05, 0.1) is 13.0 Å². The van der Waals surface area contributed by atoms with Crippen LogP contribution in [0.3, 0.4) is 0 Å². The molecule has 1 N–H and O–H groups in total. The van der Waals surface area contributed by atoms with Crippen LogP contribution in [0, 0.1) is 5.41 Å². The van der Waals surface area contributed by atoms with E-state index < -0.39 is 0 Å². The largest absolute Gasteiger partial charge is 0.481 e. The second-order valence-electron chi connectivity index (χ2n) is 2.96. The van der Waals surface area contributed by atoms with Crippen molar-refractivity contribution in [2.75, 3.05) is 6.61 Å². The average Bonchev–Trinajstić information content (AvgIpc) is 2.18. The third kappa shape index (κ3) is 4.64. The molecular weight excluding hydrogens is 249 g/mol. The van der Waals surface area contributed by atoms with E-state index in [2.05, 4.69) is 0 Å². The highest BCUT2D eigenvalue weighted by molar-refractivity contribution is 6.30. The topological polar surface area (TPSA) is 50.1 Å². The monoisotopic (exact) mass is 261 g/mol. The van der Waals surface area contributed by atoms with Gasteiger partial charge >= 0.3 is 0 Å². The van der Waals surface area contributed by atoms with Crippen LogP contribution in [-0.2, 0) is 4.74 Å². The lowest BCUT2D eigenvalue weighted by Crippen LogP contribution is -2.10. The Morgan fingerprint density at radius 3 is 2.44 bits per heavy atom. The summed E-state index contributed by atoms with van der Waals surface area (Å²) in [5.41, 5.74) is 0.545. The fourth-order valence-corrected chi connectivity index (χ4v) is 1.23. The van der Waals surface area contributed by atoms with Crippen molar-refractivity contribution in [1.29, 1.82) is 5.41 Å². The summed E-state index contributed by atoms with van der Waals surface area (Å²) in [5, 5.41) is 7.93. The maximum absolute atomic E-state index is 11.6. The van der Waals surface area contributed by atoms with Crippen LogP contribution in [-0.4, -0.2) is 18.3 Å². The molecule has 1 aromatic carbocycles. The van der Waals surface area contributed by atoms with Gasteiger partial charge in [-0.25, -0.2) is 0 Å². The minimum Gasteiger partial charge on any atom is -0.481 e. The van der Waals surface area contributed by atoms with Crippen molar-refractivity contribution in [1.82, 2.24) is 0 Å². The molecule has 1 rings (SSSR count). The fraction of sp³-hybridized carbons (Fsp3) is 0.273. The summed E-state index contributed by atoms with van der Waals surface area (Å²) >= 11 is 5.69. The van der Waals surface area contributed by atoms with Crippen molar-refractivity contribution in [2.45, 2.75) is 13.3 Å². The van der Waals surface area contributed by atoms with Crippen molar-refractivity contribution in [2.24, 2.45) is 0 Å². The summed E-state index contributed by atoms with van der Waals surface area (Å²) < 4.78 is 4.89. The molecule has 0 bridgehead atoms. The van der Waals surface area contributed by atoms with Crippen molar-refractivity contribution in [3.05, 3.63) is 34.9 Å². The Balaban J connectivity index is 0.00000225. The Morgan fingerprint density at radius 2 is 1.94 bits per heavy atom. The van der Waals surface area contributed by atoms with Gasteiger partial charge in [-0.05, 0) is 31.2 Å². The highest BCUT2D eigenvalue weighted by Crippen LogP contribution is 2.11. The molecule has 5 heteroatoms. The standard InChI is InChI=1S/C11H12ClNO2.ClH/c1-2-15-11(13)7-10(14)8-3-5-9(12)6-4-8;/h3-6,13H,2,7H2,1H3;1H. The van der Waals surface area contributed by atoms with Gasteiger partial charge in [0.1, 0.15) is 0 Å². The number of halogens is 2. The second-order valence-corrected chi connectivity index (χ2v) is 3.40. The Morgan fingerprint density at radius 1 is 1.38 bits per heavy atom. The van der Waals surface area contributed by atoms with Crippen LogP contribution in [0.2, 0.25) is 5.02 Å². The van der Waals surface area contributed by atoms with Crippen LogP contribution < -0.4 is 0 Å². The normalized spacial score (nSPS) is 9.12. The van der Waals surface area contributed by atoms with Crippen molar-refractivity contribution >= 4 is 35.7 Å². The molecule has 0 aromatic heterocycles. The van der Waals surface area contributed by atoms with Crippen molar-refractivity contribution in [3.8, 4) is 0 Å². The summed E-state index contributed by atoms with van der Waals surface area (Å²) in [4.78, 5) is 11.6. The molecule has 0 radical (unpaired) electrons. The van der Waals surface area contributed by atoms with Crippen LogP contribution in [0.15, 0.2) is 24.3 Å². The lowest BCUT2D eigenvalue weighted by atomic mass is 10.1. The summed E-state index contributed by atoms with van der Waals surface area (Å²) in [7, 11) is 0. The zero-order valence-electron chi connectivity index (χ0n) is 8.83. The molecule has 0 saturated carbocycles. The van der Waals surface area contributed by atoms with Gasteiger partial charge in [0, 0.05) is 10.6 Å². The molecule has 0 spiro atoms. The van der Waals surface area contributed by atoms with Crippen molar-refractivity contribution in [3.63, 3.8) is 0 Å². The lowest BCUT2D eigenvalue weighted by Gasteiger charge is -2.04. The van der Waals surface area contributed by atoms with Gasteiger partial charge in [-0.3, -0.25) is 10.2 Å². The minimum absolute atomic E-state index is 0. The summed E-state index contributed by atoms with van der Waals surface area (Å²) in [6, 6.07) is 6.59. The van der Waals surface area contributed by atoms with E-state index in [9.17, 15) is 4.79 Å². The zero-order valence-corrected chi connectivity index (χ0v) is 10.4. The Hall–Kier alpha value is -1.06. The van der Waals surface area contributed by atoms with E-state index in [0.29, 0.717) is 17.2 Å². The molecule has 0 amide bonds. The Kier molecular flexibility index (Phi) is 6.77. The van der Waals surface area contributed by atoms with Crippen LogP contribution in [0.5, 0.6) is 0 Å². The first kappa shape index (κ1) is 14.9. The predicted molar refractivity (Wildman–Crippen MR) is 67.0 cm³/mol. The third-order valence-electron chi connectivity index (χ3n) is 1.81. The molecule has 3 nitrogen and oxygen atoms in total. The molecule has 0 atom stereocenters. The Bertz CT molecular complexity index is 363. The highest BCUT2D eigenvalue weighted by atomic mass is 35.5. The number of hydrogen-bond acceptors (Lipinski definition) is 3. The first-order valence-corrected chi connectivity index (χ1v) is 5.00. The van der Waals surface area contributed by atoms with Gasteiger partial charge in [0.2, 0.25) is 0 Å². The maximum atomic E-state index is 11.6. The first-order valence-electron chi connectivity index (χ1n) is 4.62. The molecule has 1 aromatic rings. The molecule has 0 fully saturated rings. The quantitative estimate of drug-likeness (QED) is 0.514. The van der Waals surface area contributed by atoms with Crippen molar-refractivity contribution < 1.29 is 9.53 Å². The van der Waals surface area contributed by atoms with E-state index >= 15 is 0 Å². The summed E-state index contributed by atoms with van der Waals surface area (Å²) in [5.74, 6) is -0.137. The molecule has 0 heterocycles. The second kappa shape index (κ2) is 7.25. The molecular formula is C11H13Cl2NO2. The van der Waals surface area contributed by atoms with Crippen LogP contribution in [0.4, 0.5) is 0 Å². The molecule has 0 aliphatic rings. The summed E-state index contributed by atoms with van der Waals surface area (Å²) in [6.45, 7) is 2.19. The minimum atomic E-state index is -0.134. The molecule has 0 aliphatic carbocycles. The predicted octanol–water partition coefficient (Wildman–Crippen LogP) is 3.35. The van der Waals surface area contributed by atoms with Gasteiger partial charge in [0.15, 0.2) is 11.7 Å². The van der Waals surface area contributed by atoms with Crippen LogP contribution in [0.25, 0.3) is 0 Å². The lowest BCUT2D eigenvalue weighted by molar-refractivity contribution is 0.0993. The van der Waals surface area contributed by atoms with E-state index in [1.54, 1.807) is 31.2 Å². The number of nitrogens with one attached hydrogen (secondary N) is 1. The van der Waals surface area contributed by atoms with Gasteiger partial charge in [-0.2, -0.15) is 0 Å². The van der Waals surface area contributed by atoms with Gasteiger partial charge in [-0.1, -0.05) is 11.6 Å². The Labute approximate surface area is 106 Å². The summed E-state index contributed by atoms with van der Waals surface area (Å²) in [6.07, 6.45) is -0.00449. The van der Waals surface area contributed by atoms with Gasteiger partial charge in [-0.15, -0.1) is 12.4 Å². The molecule has 0 saturated heterocycles. The number of hydrogen-bond donors (Lipinski definition) is 1. The maximum Gasteiger partial charge on any atom is 0.188 e. The number of ketones is 1. The molecule has 0 unspecified atom stereocenters. The zero-order chi connectivity index (χ0) is 11.3. The van der Waals surface area contributed by atoms with Gasteiger partial charge < -0.3 is 4.74 Å². The van der Waals surface area contributed by atoms with Gasteiger partial charge in [0.25, 0.3) is 0 Å². The smallest absolute Gasteiger partial charge is 0.188 e. The van der Waals surface area contributed by atoms with E-state index in [1.165, 1.54) is 0 Å². The van der Waals surface area contributed by atoms with E-state index in [4.69, 9.17) is 21.7 Å². The SMILES string of the molecule is CCOC(=N)CC(=O)c1ccc(Cl)cc1.Cl. The van der Waals surface area contributed by atoms with Crippen LogP contribution >= 0.6 is 24.0 Å². The number of carbonyl (C=O) groups excluding carboxylic acids is 1. The molecule has 88 valence electrons. The number of Topliss-reactive ketones (excluding diaryl/α,β-unsaturated/α-hetero) is 1. The average molecular weight is 262 g/mol. The third-order valence-corrected chi connectivity index (χ3v) is 2.06. The van der Waals surface area contributed by atoms with E-state index in [1.807, 2.05) is 0 Å². The fourth-order valence-electron chi connectivity index (χ4n) is 1.11.